The highest BCUT2D eigenvalue weighted by Gasteiger charge is 2.32. The first-order valence-corrected chi connectivity index (χ1v) is 16.8. The number of pyridine rings is 1. The molecule has 2 unspecified atom stereocenters. The summed E-state index contributed by atoms with van der Waals surface area (Å²) < 4.78 is 11.0. The third kappa shape index (κ3) is 6.89. The minimum Gasteiger partial charge on any atom is -0.459 e. The maximum Gasteiger partial charge on any atom is 0.341 e. The number of carbonyl (C=O) groups excluding carboxylic acids is 4. The summed E-state index contributed by atoms with van der Waals surface area (Å²) in [5, 5.41) is 6.61. The lowest BCUT2D eigenvalue weighted by Gasteiger charge is -2.19. The maximum absolute atomic E-state index is 13.4. The molecule has 0 saturated carbocycles. The lowest BCUT2D eigenvalue weighted by atomic mass is 9.88. The third-order valence-corrected chi connectivity index (χ3v) is 10.1. The van der Waals surface area contributed by atoms with Crippen molar-refractivity contribution in [3.8, 4) is 0 Å². The molecule has 2 N–H and O–H groups in total. The van der Waals surface area contributed by atoms with Gasteiger partial charge in [-0.3, -0.25) is 9.59 Å². The van der Waals surface area contributed by atoms with Crippen LogP contribution in [0.2, 0.25) is 0 Å². The first-order valence-electron chi connectivity index (χ1n) is 15.2. The number of esters is 2. The molecule has 2 atom stereocenters. The Hall–Kier alpha value is -3.57. The molecule has 3 heterocycles. The topological polar surface area (TPSA) is 124 Å². The van der Waals surface area contributed by atoms with Gasteiger partial charge in [-0.25, -0.2) is 14.6 Å². The molecule has 234 valence electrons. The molecular weight excluding hydrogens is 599 g/mol. The van der Waals surface area contributed by atoms with Gasteiger partial charge in [0.25, 0.3) is 11.8 Å². The summed E-state index contributed by atoms with van der Waals surface area (Å²) in [6.45, 7) is 11.5. The Morgan fingerprint density at radius 1 is 0.750 bits per heavy atom. The molecule has 0 bridgehead atoms. The molecule has 0 aliphatic heterocycles. The Labute approximate surface area is 265 Å². The fraction of sp³-hybridized carbons (Fsp3) is 0.485. The van der Waals surface area contributed by atoms with E-state index in [2.05, 4.69) is 29.5 Å². The number of ether oxygens (including phenoxy) is 2. The van der Waals surface area contributed by atoms with Gasteiger partial charge in [-0.15, -0.1) is 22.7 Å². The number of hydrogen-bond acceptors (Lipinski definition) is 9. The van der Waals surface area contributed by atoms with Crippen molar-refractivity contribution in [2.75, 3.05) is 10.6 Å². The normalized spacial score (nSPS) is 17.5. The van der Waals surface area contributed by atoms with Crippen LogP contribution in [0.15, 0.2) is 18.2 Å². The summed E-state index contributed by atoms with van der Waals surface area (Å²) in [7, 11) is 0. The summed E-state index contributed by atoms with van der Waals surface area (Å²) in [4.78, 5) is 59.5. The second-order valence-electron chi connectivity index (χ2n) is 12.3. The quantitative estimate of drug-likeness (QED) is 0.253. The second kappa shape index (κ2) is 13.2. The predicted octanol–water partition coefficient (Wildman–Crippen LogP) is 7.09. The molecule has 9 nitrogen and oxygen atoms in total. The smallest absolute Gasteiger partial charge is 0.341 e. The molecule has 44 heavy (non-hydrogen) atoms. The second-order valence-corrected chi connectivity index (χ2v) is 14.5. The number of anilines is 2. The van der Waals surface area contributed by atoms with Crippen LogP contribution in [0.3, 0.4) is 0 Å². The molecule has 5 rings (SSSR count). The first kappa shape index (κ1) is 31.8. The van der Waals surface area contributed by atoms with Gasteiger partial charge in [0.2, 0.25) is 0 Å². The summed E-state index contributed by atoms with van der Waals surface area (Å²) >= 11 is 2.79. The van der Waals surface area contributed by atoms with Gasteiger partial charge in [-0.05, 0) is 101 Å². The lowest BCUT2D eigenvalue weighted by Crippen LogP contribution is -2.21. The Bertz CT molecular complexity index is 1490. The van der Waals surface area contributed by atoms with Gasteiger partial charge < -0.3 is 20.1 Å². The van der Waals surface area contributed by atoms with Gasteiger partial charge in [-0.2, -0.15) is 0 Å². The highest BCUT2D eigenvalue weighted by molar-refractivity contribution is 7.17. The number of rotatable bonds is 8. The standard InChI is InChI=1S/C33H39N3O6S2/c1-16(2)41-32(39)26-20-12-10-18(5)14-24(20)43-30(26)35-28(37)22-8-7-9-23(34-22)29(38)36-31-27(33(40)42-17(3)4)21-13-11-19(6)15-25(21)44-31/h7-9,16-19H,10-15H2,1-6H3,(H,35,37)(H,36,38). The monoisotopic (exact) mass is 637 g/mol. The van der Waals surface area contributed by atoms with Crippen molar-refractivity contribution >= 4 is 56.4 Å². The molecule has 3 aromatic rings. The van der Waals surface area contributed by atoms with Crippen LogP contribution in [-0.4, -0.2) is 40.9 Å². The summed E-state index contributed by atoms with van der Waals surface area (Å²) in [5.41, 5.74) is 2.75. The largest absolute Gasteiger partial charge is 0.459 e. The van der Waals surface area contributed by atoms with Crippen molar-refractivity contribution in [1.82, 2.24) is 4.98 Å². The molecule has 0 spiro atoms. The van der Waals surface area contributed by atoms with E-state index in [4.69, 9.17) is 9.47 Å². The zero-order valence-electron chi connectivity index (χ0n) is 26.0. The Morgan fingerprint density at radius 3 is 1.55 bits per heavy atom. The Kier molecular flexibility index (Phi) is 9.55. The number of carbonyl (C=O) groups is 4. The highest BCUT2D eigenvalue weighted by Crippen LogP contribution is 2.41. The van der Waals surface area contributed by atoms with Crippen LogP contribution >= 0.6 is 22.7 Å². The van der Waals surface area contributed by atoms with E-state index < -0.39 is 23.8 Å². The fourth-order valence-corrected chi connectivity index (χ4v) is 8.47. The van der Waals surface area contributed by atoms with E-state index in [1.807, 2.05) is 0 Å². The molecule has 2 aliphatic carbocycles. The van der Waals surface area contributed by atoms with Crippen molar-refractivity contribution in [2.24, 2.45) is 11.8 Å². The average Bonchev–Trinajstić information content (AvgIpc) is 3.48. The Morgan fingerprint density at radius 2 is 1.16 bits per heavy atom. The van der Waals surface area contributed by atoms with Gasteiger partial charge in [0, 0.05) is 9.75 Å². The number of aromatic nitrogens is 1. The van der Waals surface area contributed by atoms with Crippen LogP contribution in [-0.2, 0) is 35.2 Å². The molecule has 3 aromatic heterocycles. The van der Waals surface area contributed by atoms with Crippen molar-refractivity contribution in [2.45, 2.75) is 92.3 Å². The van der Waals surface area contributed by atoms with Gasteiger partial charge in [-0.1, -0.05) is 19.9 Å². The molecule has 0 aromatic carbocycles. The number of hydrogen-bond donors (Lipinski definition) is 2. The van der Waals surface area contributed by atoms with Gasteiger partial charge in [0.1, 0.15) is 21.4 Å². The van der Waals surface area contributed by atoms with E-state index in [9.17, 15) is 19.2 Å². The van der Waals surface area contributed by atoms with E-state index in [0.717, 1.165) is 59.4 Å². The van der Waals surface area contributed by atoms with E-state index in [1.54, 1.807) is 33.8 Å². The maximum atomic E-state index is 13.4. The molecule has 0 saturated heterocycles. The molecule has 2 amide bonds. The SMILES string of the molecule is CC1CCc2c(sc(NC(=O)c3cccc(C(=O)Nc4sc5c(c4C(=O)OC(C)C)CCC(C)C5)n3)c2C(=O)OC(C)C)C1. The van der Waals surface area contributed by atoms with Crippen molar-refractivity contribution in [1.29, 1.82) is 0 Å². The summed E-state index contributed by atoms with van der Waals surface area (Å²) in [6, 6.07) is 4.62. The van der Waals surface area contributed by atoms with Crippen LogP contribution < -0.4 is 10.6 Å². The molecule has 0 radical (unpaired) electrons. The minimum atomic E-state index is -0.535. The van der Waals surface area contributed by atoms with E-state index >= 15 is 0 Å². The van der Waals surface area contributed by atoms with Crippen LogP contribution in [0.25, 0.3) is 0 Å². The molecule has 2 aliphatic rings. The van der Waals surface area contributed by atoms with Gasteiger partial charge in [0.05, 0.1) is 23.3 Å². The predicted molar refractivity (Wildman–Crippen MR) is 172 cm³/mol. The van der Waals surface area contributed by atoms with E-state index in [1.165, 1.54) is 34.8 Å². The number of thiophene rings is 2. The fourth-order valence-electron chi connectivity index (χ4n) is 5.68. The summed E-state index contributed by atoms with van der Waals surface area (Å²) in [5.74, 6) is -1.01. The average molecular weight is 638 g/mol. The molecular formula is C33H39N3O6S2. The number of fused-ring (bicyclic) bond motifs is 2. The van der Waals surface area contributed by atoms with Gasteiger partial charge >= 0.3 is 11.9 Å². The van der Waals surface area contributed by atoms with Crippen LogP contribution in [0.4, 0.5) is 10.0 Å². The van der Waals surface area contributed by atoms with Crippen LogP contribution in [0.1, 0.15) is 117 Å². The Balaban J connectivity index is 1.39. The van der Waals surface area contributed by atoms with Crippen molar-refractivity contribution < 1.29 is 28.7 Å². The zero-order valence-corrected chi connectivity index (χ0v) is 27.6. The van der Waals surface area contributed by atoms with Crippen LogP contribution in [0.5, 0.6) is 0 Å². The molecule has 0 fully saturated rings. The van der Waals surface area contributed by atoms with Crippen molar-refractivity contribution in [3.63, 3.8) is 0 Å². The third-order valence-electron chi connectivity index (χ3n) is 7.79. The highest BCUT2D eigenvalue weighted by atomic mass is 32.1. The van der Waals surface area contributed by atoms with E-state index in [-0.39, 0.29) is 23.6 Å². The first-order chi connectivity index (χ1) is 20.9. The minimum absolute atomic E-state index is 0.0271. The molecule has 11 heteroatoms. The summed E-state index contributed by atoms with van der Waals surface area (Å²) in [6.07, 6.45) is 4.49. The van der Waals surface area contributed by atoms with Crippen molar-refractivity contribution in [3.05, 3.63) is 61.6 Å². The number of nitrogens with zero attached hydrogens (tertiary/aromatic N) is 1. The lowest BCUT2D eigenvalue weighted by molar-refractivity contribution is 0.0367. The van der Waals surface area contributed by atoms with E-state index in [0.29, 0.717) is 33.0 Å². The van der Waals surface area contributed by atoms with Crippen LogP contribution in [0, 0.1) is 11.8 Å². The number of amides is 2. The number of nitrogens with one attached hydrogen (secondary N) is 2. The zero-order chi connectivity index (χ0) is 31.7. The van der Waals surface area contributed by atoms with Gasteiger partial charge in [0.15, 0.2) is 0 Å².